The number of nitrogens with one attached hydrogen (secondary N) is 1. The second-order valence-electron chi connectivity index (χ2n) is 15.3. The van der Waals surface area contributed by atoms with Gasteiger partial charge in [0, 0.05) is 79.7 Å². The molecular weight excluding hydrogens is 670 g/mol. The summed E-state index contributed by atoms with van der Waals surface area (Å²) in [4.78, 5) is 27.4. The number of hydrogen-bond acceptors (Lipinski definition) is 7. The Morgan fingerprint density at radius 2 is 1.81 bits per heavy atom. The Labute approximate surface area is 311 Å². The zero-order valence-electron chi connectivity index (χ0n) is 30.4. The van der Waals surface area contributed by atoms with E-state index < -0.39 is 0 Å². The summed E-state index contributed by atoms with van der Waals surface area (Å²) in [6, 6.07) is 25.9. The Kier molecular flexibility index (Phi) is 9.72. The molecule has 1 saturated carbocycles. The maximum atomic E-state index is 11.9. The zero-order chi connectivity index (χ0) is 35.8. The molecule has 0 radical (unpaired) electrons. The Morgan fingerprint density at radius 1 is 0.981 bits per heavy atom. The van der Waals surface area contributed by atoms with E-state index in [1.807, 2.05) is 42.6 Å². The minimum Gasteiger partial charge on any atom is -0.497 e. The van der Waals surface area contributed by atoms with Crippen molar-refractivity contribution in [2.45, 2.75) is 64.1 Å². The van der Waals surface area contributed by atoms with E-state index in [4.69, 9.17) is 21.1 Å². The Hall–Kier alpha value is -4.37. The van der Waals surface area contributed by atoms with Crippen LogP contribution in [-0.4, -0.2) is 71.9 Å². The summed E-state index contributed by atoms with van der Waals surface area (Å²) < 4.78 is 11.6. The molecule has 1 atom stereocenters. The number of carbonyl (C=O) groups is 1. The van der Waals surface area contributed by atoms with Gasteiger partial charge in [0.1, 0.15) is 22.9 Å². The maximum absolute atomic E-state index is 11.9. The second kappa shape index (κ2) is 14.6. The van der Waals surface area contributed by atoms with E-state index in [1.165, 1.54) is 36.8 Å². The number of aromatic nitrogens is 2. The molecule has 9 heteroatoms. The topological polar surface area (TPSA) is 73.9 Å². The van der Waals surface area contributed by atoms with Crippen LogP contribution in [0, 0.1) is 5.41 Å². The van der Waals surface area contributed by atoms with E-state index in [0.717, 1.165) is 78.6 Å². The first-order valence-electron chi connectivity index (χ1n) is 18.7. The van der Waals surface area contributed by atoms with Crippen molar-refractivity contribution >= 4 is 34.6 Å². The lowest BCUT2D eigenvalue weighted by Crippen LogP contribution is -2.60. The van der Waals surface area contributed by atoms with Crippen LogP contribution in [0.2, 0.25) is 5.02 Å². The Balaban J connectivity index is 0.943. The van der Waals surface area contributed by atoms with E-state index in [9.17, 15) is 4.79 Å². The number of H-pyrrole nitrogens is 1. The third-order valence-corrected chi connectivity index (χ3v) is 12.2. The lowest BCUT2D eigenvalue weighted by Gasteiger charge is -2.58. The number of methoxy groups -OCH3 is 1. The lowest BCUT2D eigenvalue weighted by atomic mass is 9.59. The van der Waals surface area contributed by atoms with Gasteiger partial charge in [-0.3, -0.25) is 14.6 Å². The van der Waals surface area contributed by atoms with E-state index in [0.29, 0.717) is 40.5 Å². The summed E-state index contributed by atoms with van der Waals surface area (Å²) in [5.41, 5.74) is 6.90. The quantitative estimate of drug-likeness (QED) is 0.144. The SMILES string of the molecule is COc1ccc(CN2CCN(C3CC4(CCN(c5ccc(C=O)c(Oc6cnc7[nH]ccc7c6)c5)CC4)C3)C(c3ccccc3C(C)C)C2)c(Cl)c1. The predicted molar refractivity (Wildman–Crippen MR) is 208 cm³/mol. The maximum Gasteiger partial charge on any atom is 0.153 e. The number of nitrogens with zero attached hydrogens (tertiary/aromatic N) is 4. The number of fused-ring (bicyclic) bond motifs is 1. The minimum atomic E-state index is 0.342. The molecule has 2 aromatic heterocycles. The zero-order valence-corrected chi connectivity index (χ0v) is 31.1. The minimum absolute atomic E-state index is 0.342. The molecule has 1 unspecified atom stereocenters. The number of carbonyl (C=O) groups excluding carboxylic acids is 1. The molecule has 8 rings (SSSR count). The first-order chi connectivity index (χ1) is 25.3. The highest BCUT2D eigenvalue weighted by atomic mass is 35.5. The number of piperazine rings is 1. The van der Waals surface area contributed by atoms with Crippen LogP contribution in [0.1, 0.15) is 78.5 Å². The van der Waals surface area contributed by atoms with Gasteiger partial charge in [-0.1, -0.05) is 55.8 Å². The monoisotopic (exact) mass is 717 g/mol. The summed E-state index contributed by atoms with van der Waals surface area (Å²) in [6.07, 6.45) is 9.26. The molecule has 5 aromatic rings. The molecule has 0 amide bonds. The molecule has 3 aromatic carbocycles. The van der Waals surface area contributed by atoms with Crippen LogP contribution in [0.5, 0.6) is 17.2 Å². The summed E-state index contributed by atoms with van der Waals surface area (Å²) in [5, 5.41) is 1.74. The van der Waals surface area contributed by atoms with Gasteiger partial charge in [0.05, 0.1) is 18.9 Å². The number of aromatic amines is 1. The largest absolute Gasteiger partial charge is 0.497 e. The molecule has 3 aliphatic rings. The fourth-order valence-corrected chi connectivity index (χ4v) is 9.14. The van der Waals surface area contributed by atoms with Crippen LogP contribution in [-0.2, 0) is 6.54 Å². The van der Waals surface area contributed by atoms with Crippen LogP contribution in [0.3, 0.4) is 0 Å². The summed E-state index contributed by atoms with van der Waals surface area (Å²) >= 11 is 6.71. The number of aldehydes is 1. The summed E-state index contributed by atoms with van der Waals surface area (Å²) in [7, 11) is 1.68. The number of ether oxygens (including phenoxy) is 2. The Bertz CT molecular complexity index is 2050. The molecule has 8 nitrogen and oxygen atoms in total. The average Bonchev–Trinajstić information content (AvgIpc) is 3.63. The summed E-state index contributed by atoms with van der Waals surface area (Å²) in [5.74, 6) is 2.44. The lowest BCUT2D eigenvalue weighted by molar-refractivity contribution is -0.0628. The molecule has 1 N–H and O–H groups in total. The molecule has 0 bridgehead atoms. The van der Waals surface area contributed by atoms with Gasteiger partial charge < -0.3 is 19.4 Å². The molecule has 270 valence electrons. The predicted octanol–water partition coefficient (Wildman–Crippen LogP) is 9.26. The number of hydrogen-bond donors (Lipinski definition) is 1. The smallest absolute Gasteiger partial charge is 0.153 e. The fraction of sp³-hybridized carbons (Fsp3) is 0.395. The highest BCUT2D eigenvalue weighted by Crippen LogP contribution is 2.53. The number of anilines is 1. The van der Waals surface area contributed by atoms with Crippen molar-refractivity contribution in [1.82, 2.24) is 19.8 Å². The number of rotatable bonds is 10. The van der Waals surface area contributed by atoms with Gasteiger partial charge in [0.2, 0.25) is 0 Å². The first kappa shape index (κ1) is 34.7. The fourth-order valence-electron chi connectivity index (χ4n) is 8.91. The second-order valence-corrected chi connectivity index (χ2v) is 15.7. The van der Waals surface area contributed by atoms with Gasteiger partial charge in [-0.25, -0.2) is 4.98 Å². The Morgan fingerprint density at radius 3 is 2.58 bits per heavy atom. The molecule has 3 fully saturated rings. The number of benzene rings is 3. The van der Waals surface area contributed by atoms with Gasteiger partial charge in [-0.05, 0) is 90.1 Å². The van der Waals surface area contributed by atoms with E-state index >= 15 is 0 Å². The van der Waals surface area contributed by atoms with E-state index in [2.05, 4.69) is 74.9 Å². The molecule has 1 spiro atoms. The number of pyridine rings is 1. The highest BCUT2D eigenvalue weighted by molar-refractivity contribution is 6.31. The highest BCUT2D eigenvalue weighted by Gasteiger charge is 2.50. The normalized spacial score (nSPS) is 19.6. The molecule has 4 heterocycles. The number of halogens is 1. The third-order valence-electron chi connectivity index (χ3n) is 11.9. The van der Waals surface area contributed by atoms with E-state index in [-0.39, 0.29) is 0 Å². The average molecular weight is 718 g/mol. The van der Waals surface area contributed by atoms with Crippen LogP contribution in [0.4, 0.5) is 5.69 Å². The molecular formula is C43H48ClN5O3. The molecule has 1 aliphatic carbocycles. The molecule has 2 aliphatic heterocycles. The van der Waals surface area contributed by atoms with Crippen LogP contribution >= 0.6 is 11.6 Å². The van der Waals surface area contributed by atoms with Crippen molar-refractivity contribution in [3.63, 3.8) is 0 Å². The van der Waals surface area contributed by atoms with Crippen molar-refractivity contribution in [2.24, 2.45) is 5.41 Å². The molecule has 2 saturated heterocycles. The van der Waals surface area contributed by atoms with E-state index in [1.54, 1.807) is 13.3 Å². The van der Waals surface area contributed by atoms with Crippen LogP contribution < -0.4 is 14.4 Å². The van der Waals surface area contributed by atoms with Gasteiger partial charge in [-0.15, -0.1) is 0 Å². The van der Waals surface area contributed by atoms with Crippen LogP contribution in [0.15, 0.2) is 85.2 Å². The molecule has 52 heavy (non-hydrogen) atoms. The van der Waals surface area contributed by atoms with Gasteiger partial charge >= 0.3 is 0 Å². The third kappa shape index (κ3) is 6.92. The van der Waals surface area contributed by atoms with Crippen molar-refractivity contribution in [1.29, 1.82) is 0 Å². The first-order valence-corrected chi connectivity index (χ1v) is 19.0. The van der Waals surface area contributed by atoms with Crippen molar-refractivity contribution in [3.8, 4) is 17.2 Å². The van der Waals surface area contributed by atoms with Crippen LogP contribution in [0.25, 0.3) is 11.0 Å². The summed E-state index contributed by atoms with van der Waals surface area (Å²) in [6.45, 7) is 10.5. The van der Waals surface area contributed by atoms with Gasteiger partial charge in [0.25, 0.3) is 0 Å². The van der Waals surface area contributed by atoms with Crippen molar-refractivity contribution in [3.05, 3.63) is 112 Å². The number of piperidine rings is 1. The van der Waals surface area contributed by atoms with Crippen molar-refractivity contribution < 1.29 is 14.3 Å². The standard InChI is InChI=1S/C43H48ClN5O3/c1-29(2)37-6-4-5-7-38(37)40-27-47(26-31-9-11-35(51-3)22-39(31)44)18-19-49(40)34-23-43(24-34)13-16-48(17-14-43)33-10-8-32(28-50)41(21-33)52-36-20-30-12-15-45-42(30)46-25-36/h4-12,15,20-22,25,28-29,34,40H,13-14,16-19,23-24,26-27H2,1-3H3,(H,45,46). The van der Waals surface area contributed by atoms with Crippen molar-refractivity contribution in [2.75, 3.05) is 44.7 Å². The van der Waals surface area contributed by atoms with Gasteiger partial charge in [-0.2, -0.15) is 0 Å². The van der Waals surface area contributed by atoms with Gasteiger partial charge in [0.15, 0.2) is 6.29 Å².